The predicted octanol–water partition coefficient (Wildman–Crippen LogP) is 1.27. The van der Waals surface area contributed by atoms with Gasteiger partial charge in [-0.1, -0.05) is 24.8 Å². The average molecular weight is 322 g/mol. The number of hydrogen-bond donors (Lipinski definition) is 0. The van der Waals surface area contributed by atoms with Crippen molar-refractivity contribution in [1.82, 2.24) is 0 Å². The van der Waals surface area contributed by atoms with Crippen molar-refractivity contribution in [2.24, 2.45) is 0 Å². The van der Waals surface area contributed by atoms with Gasteiger partial charge in [0.15, 0.2) is 6.61 Å². The van der Waals surface area contributed by atoms with Gasteiger partial charge in [-0.2, -0.15) is 0 Å². The molecule has 1 aromatic carbocycles. The second kappa shape index (κ2) is 10.1. The molecule has 1 aromatic rings. The Bertz CT molecular complexity index is 551. The fourth-order valence-corrected chi connectivity index (χ4v) is 1.41. The van der Waals surface area contributed by atoms with Gasteiger partial charge in [0, 0.05) is 12.7 Å². The van der Waals surface area contributed by atoms with E-state index in [4.69, 9.17) is 18.9 Å². The fourth-order valence-electron chi connectivity index (χ4n) is 1.41. The third kappa shape index (κ3) is 7.77. The molecule has 0 saturated heterocycles. The van der Waals surface area contributed by atoms with Crippen molar-refractivity contribution in [3.63, 3.8) is 0 Å². The Kier molecular flexibility index (Phi) is 8.09. The van der Waals surface area contributed by atoms with E-state index in [1.54, 1.807) is 30.3 Å². The van der Waals surface area contributed by atoms with E-state index in [-0.39, 0.29) is 25.2 Å². The van der Waals surface area contributed by atoms with Crippen molar-refractivity contribution >= 4 is 17.9 Å². The van der Waals surface area contributed by atoms with Crippen molar-refractivity contribution in [2.75, 3.05) is 26.9 Å². The molecule has 0 bridgehead atoms. The predicted molar refractivity (Wildman–Crippen MR) is 79.6 cm³/mol. The molecule has 23 heavy (non-hydrogen) atoms. The molecular weight excluding hydrogens is 304 g/mol. The number of carbonyl (C=O) groups is 3. The zero-order valence-electron chi connectivity index (χ0n) is 12.8. The summed E-state index contributed by atoms with van der Waals surface area (Å²) in [6, 6.07) is 8.35. The van der Waals surface area contributed by atoms with E-state index in [0.717, 1.165) is 0 Å². The molecule has 0 fully saturated rings. The molecule has 0 N–H and O–H groups in total. The Morgan fingerprint density at radius 1 is 1.00 bits per heavy atom. The summed E-state index contributed by atoms with van der Waals surface area (Å²) in [7, 11) is 1.47. The lowest BCUT2D eigenvalue weighted by molar-refractivity contribution is -0.152. The summed E-state index contributed by atoms with van der Waals surface area (Å²) in [5.41, 5.74) is -0.111. The van der Waals surface area contributed by atoms with Crippen molar-refractivity contribution in [3.05, 3.63) is 42.5 Å². The van der Waals surface area contributed by atoms with Gasteiger partial charge in [0.05, 0.1) is 13.0 Å². The standard InChI is InChI=1S/C16H18O7/c1-12(10-14(17)21-9-8-20-2)16(19)22-11-15(18)23-13-6-4-3-5-7-13/h3-7H,1,8-11H2,2H3. The van der Waals surface area contributed by atoms with E-state index in [0.29, 0.717) is 5.75 Å². The molecule has 0 spiro atoms. The van der Waals surface area contributed by atoms with Crippen LogP contribution in [0.2, 0.25) is 0 Å². The highest BCUT2D eigenvalue weighted by molar-refractivity contribution is 5.94. The van der Waals surface area contributed by atoms with Crippen LogP contribution in [-0.4, -0.2) is 44.8 Å². The average Bonchev–Trinajstić information content (AvgIpc) is 2.53. The Hall–Kier alpha value is -2.67. The van der Waals surface area contributed by atoms with Crippen LogP contribution < -0.4 is 4.74 Å². The molecule has 0 radical (unpaired) electrons. The minimum absolute atomic E-state index is 0.0844. The maximum Gasteiger partial charge on any atom is 0.349 e. The van der Waals surface area contributed by atoms with E-state index < -0.39 is 24.5 Å². The number of rotatable bonds is 9. The third-order valence-electron chi connectivity index (χ3n) is 2.49. The highest BCUT2D eigenvalue weighted by Crippen LogP contribution is 2.09. The fraction of sp³-hybridized carbons (Fsp3) is 0.312. The van der Waals surface area contributed by atoms with E-state index in [1.165, 1.54) is 7.11 Å². The molecule has 7 heteroatoms. The highest BCUT2D eigenvalue weighted by Gasteiger charge is 2.16. The topological polar surface area (TPSA) is 88.1 Å². The number of methoxy groups -OCH3 is 1. The van der Waals surface area contributed by atoms with Crippen LogP contribution in [0, 0.1) is 0 Å². The molecule has 0 aliphatic heterocycles. The minimum Gasteiger partial charge on any atom is -0.463 e. The lowest BCUT2D eigenvalue weighted by atomic mass is 10.2. The van der Waals surface area contributed by atoms with Crippen LogP contribution in [0.25, 0.3) is 0 Å². The normalized spacial score (nSPS) is 9.78. The van der Waals surface area contributed by atoms with Crippen molar-refractivity contribution in [1.29, 1.82) is 0 Å². The van der Waals surface area contributed by atoms with Crippen LogP contribution in [0.15, 0.2) is 42.5 Å². The smallest absolute Gasteiger partial charge is 0.349 e. The number of carbonyl (C=O) groups excluding carboxylic acids is 3. The van der Waals surface area contributed by atoms with Crippen molar-refractivity contribution < 1.29 is 33.3 Å². The van der Waals surface area contributed by atoms with Gasteiger partial charge in [-0.05, 0) is 12.1 Å². The lowest BCUT2D eigenvalue weighted by Gasteiger charge is -2.07. The summed E-state index contributed by atoms with van der Waals surface area (Å²) in [6.45, 7) is 3.19. The quantitative estimate of drug-likeness (QED) is 0.293. The summed E-state index contributed by atoms with van der Waals surface area (Å²) in [6.07, 6.45) is -0.323. The van der Waals surface area contributed by atoms with Crippen LogP contribution >= 0.6 is 0 Å². The Morgan fingerprint density at radius 2 is 1.70 bits per heavy atom. The van der Waals surface area contributed by atoms with Gasteiger partial charge in [0.25, 0.3) is 0 Å². The summed E-state index contributed by atoms with van der Waals surface area (Å²) in [5.74, 6) is -1.89. The number of ether oxygens (including phenoxy) is 4. The largest absolute Gasteiger partial charge is 0.463 e. The van der Waals surface area contributed by atoms with Gasteiger partial charge in [-0.15, -0.1) is 0 Å². The second-order valence-corrected chi connectivity index (χ2v) is 4.36. The Balaban J connectivity index is 2.28. The Labute approximate surface area is 133 Å². The molecule has 0 aliphatic carbocycles. The van der Waals surface area contributed by atoms with Crippen LogP contribution in [0.4, 0.5) is 0 Å². The minimum atomic E-state index is -0.862. The van der Waals surface area contributed by atoms with E-state index >= 15 is 0 Å². The summed E-state index contributed by atoms with van der Waals surface area (Å²) >= 11 is 0. The van der Waals surface area contributed by atoms with Gasteiger partial charge in [0.1, 0.15) is 12.4 Å². The monoisotopic (exact) mass is 322 g/mol. The van der Waals surface area contributed by atoms with E-state index in [9.17, 15) is 14.4 Å². The highest BCUT2D eigenvalue weighted by atomic mass is 16.6. The number of esters is 3. The van der Waals surface area contributed by atoms with Crippen molar-refractivity contribution in [2.45, 2.75) is 6.42 Å². The molecule has 7 nitrogen and oxygen atoms in total. The first-order valence-electron chi connectivity index (χ1n) is 6.78. The molecule has 0 atom stereocenters. The first-order chi connectivity index (χ1) is 11.0. The maximum atomic E-state index is 11.6. The lowest BCUT2D eigenvalue weighted by Crippen LogP contribution is -2.20. The van der Waals surface area contributed by atoms with Gasteiger partial charge in [-0.25, -0.2) is 9.59 Å². The molecule has 1 rings (SSSR count). The van der Waals surface area contributed by atoms with E-state index in [2.05, 4.69) is 6.58 Å². The third-order valence-corrected chi connectivity index (χ3v) is 2.49. The molecule has 0 heterocycles. The van der Waals surface area contributed by atoms with Crippen LogP contribution in [-0.2, 0) is 28.6 Å². The zero-order chi connectivity index (χ0) is 17.1. The summed E-state index contributed by atoms with van der Waals surface area (Å²) in [4.78, 5) is 34.5. The molecular formula is C16H18O7. The maximum absolute atomic E-state index is 11.6. The molecule has 124 valence electrons. The number of para-hydroxylation sites is 1. The SMILES string of the molecule is C=C(CC(=O)OCCOC)C(=O)OCC(=O)Oc1ccccc1. The number of benzene rings is 1. The van der Waals surface area contributed by atoms with Crippen LogP contribution in [0.3, 0.4) is 0 Å². The van der Waals surface area contributed by atoms with Crippen LogP contribution in [0.1, 0.15) is 6.42 Å². The molecule has 0 aromatic heterocycles. The molecule has 0 amide bonds. The molecule has 0 saturated carbocycles. The Morgan fingerprint density at radius 3 is 2.35 bits per heavy atom. The van der Waals surface area contributed by atoms with Gasteiger partial charge in [0.2, 0.25) is 0 Å². The second-order valence-electron chi connectivity index (χ2n) is 4.36. The van der Waals surface area contributed by atoms with Crippen molar-refractivity contribution in [3.8, 4) is 5.75 Å². The van der Waals surface area contributed by atoms with E-state index in [1.807, 2.05) is 0 Å². The number of hydrogen-bond acceptors (Lipinski definition) is 7. The summed E-state index contributed by atoms with van der Waals surface area (Å²) in [5, 5.41) is 0. The first-order valence-corrected chi connectivity index (χ1v) is 6.78. The molecule has 0 unspecified atom stereocenters. The van der Waals surface area contributed by atoms with Gasteiger partial charge < -0.3 is 18.9 Å². The van der Waals surface area contributed by atoms with Crippen LogP contribution in [0.5, 0.6) is 5.75 Å². The van der Waals surface area contributed by atoms with Gasteiger partial charge in [-0.3, -0.25) is 4.79 Å². The first kappa shape index (κ1) is 18.4. The summed E-state index contributed by atoms with van der Waals surface area (Å²) < 4.78 is 19.2. The zero-order valence-corrected chi connectivity index (χ0v) is 12.8. The van der Waals surface area contributed by atoms with Gasteiger partial charge >= 0.3 is 17.9 Å². The molecule has 0 aliphatic rings.